The summed E-state index contributed by atoms with van der Waals surface area (Å²) in [6.45, 7) is 0. The van der Waals surface area contributed by atoms with Crippen molar-refractivity contribution < 1.29 is 0 Å². The van der Waals surface area contributed by atoms with E-state index in [2.05, 4.69) is 162 Å². The van der Waals surface area contributed by atoms with Crippen LogP contribution in [0.5, 0.6) is 0 Å². The van der Waals surface area contributed by atoms with Crippen molar-refractivity contribution in [1.29, 1.82) is 0 Å². The Hall–Kier alpha value is -6.77. The van der Waals surface area contributed by atoms with Gasteiger partial charge in [-0.2, -0.15) is 0 Å². The third-order valence-electron chi connectivity index (χ3n) is 10.8. The van der Waals surface area contributed by atoms with Gasteiger partial charge < -0.3 is 4.40 Å². The first-order valence-electron chi connectivity index (χ1n) is 17.5. The van der Waals surface area contributed by atoms with E-state index in [1.165, 1.54) is 86.9 Å². The average molecular weight is 647 g/mol. The highest BCUT2D eigenvalue weighted by atomic mass is 15.0. The van der Waals surface area contributed by atoms with Crippen molar-refractivity contribution in [2.45, 2.75) is 0 Å². The van der Waals surface area contributed by atoms with Crippen LogP contribution in [0.3, 0.4) is 0 Å². The normalized spacial score (nSPS) is 11.9. The van der Waals surface area contributed by atoms with Gasteiger partial charge in [-0.15, -0.1) is 0 Å². The Morgan fingerprint density at radius 2 is 0.902 bits per heavy atom. The van der Waals surface area contributed by atoms with Crippen molar-refractivity contribution in [1.82, 2.24) is 9.38 Å². The number of hydrogen-bond acceptors (Lipinski definition) is 1. The van der Waals surface area contributed by atoms with E-state index >= 15 is 0 Å². The molecule has 0 bridgehead atoms. The molecule has 0 aliphatic heterocycles. The molecular weight excluding hydrogens is 617 g/mol. The first-order valence-corrected chi connectivity index (χ1v) is 17.5. The average Bonchev–Trinajstić information content (AvgIpc) is 3.64. The van der Waals surface area contributed by atoms with Crippen molar-refractivity contribution >= 4 is 70.3 Å². The molecule has 11 aromatic rings. The molecule has 0 radical (unpaired) electrons. The van der Waals surface area contributed by atoms with Crippen LogP contribution in [0.1, 0.15) is 0 Å². The maximum atomic E-state index is 4.84. The van der Waals surface area contributed by atoms with Crippen molar-refractivity contribution in [3.8, 4) is 33.5 Å². The van der Waals surface area contributed by atoms with Crippen LogP contribution in [0, 0.1) is 0 Å². The number of fused-ring (bicyclic) bond motifs is 7. The summed E-state index contributed by atoms with van der Waals surface area (Å²) in [5.74, 6) is 0. The Morgan fingerprint density at radius 1 is 0.353 bits per heavy atom. The Morgan fingerprint density at radius 3 is 1.61 bits per heavy atom. The second kappa shape index (κ2) is 10.9. The van der Waals surface area contributed by atoms with Gasteiger partial charge in [0.2, 0.25) is 0 Å². The van der Waals surface area contributed by atoms with Crippen LogP contribution in [-0.4, -0.2) is 9.38 Å². The van der Waals surface area contributed by atoms with Gasteiger partial charge in [-0.05, 0) is 111 Å². The van der Waals surface area contributed by atoms with Gasteiger partial charge in [-0.25, -0.2) is 4.98 Å². The zero-order valence-electron chi connectivity index (χ0n) is 27.7. The number of pyridine rings is 1. The quantitative estimate of drug-likeness (QED) is 0.175. The van der Waals surface area contributed by atoms with Crippen LogP contribution in [0.2, 0.25) is 0 Å². The molecule has 0 amide bonds. The molecule has 0 fully saturated rings. The zero-order valence-corrected chi connectivity index (χ0v) is 27.7. The maximum Gasteiger partial charge on any atom is 0.137 e. The molecule has 2 nitrogen and oxygen atoms in total. The monoisotopic (exact) mass is 646 g/mol. The third-order valence-corrected chi connectivity index (χ3v) is 10.8. The number of aromatic nitrogens is 2. The van der Waals surface area contributed by atoms with Gasteiger partial charge >= 0.3 is 0 Å². The standard InChI is InChI=1S/C49H30N2/c1-2-12-39-37(26-25-36(38(39)11-1)31-19-21-32(22-20-31)46-30-51-27-8-7-18-47(51)50-46)35-28-34-24-23-33-10-9-17-44-42-15-5-3-13-40(42)41-14-4-6-16-43(41)45(29-35)49(34)48(33)44/h1-30H. The predicted molar refractivity (Wildman–Crippen MR) is 217 cm³/mol. The van der Waals surface area contributed by atoms with Gasteiger partial charge in [-0.1, -0.05) is 146 Å². The summed E-state index contributed by atoms with van der Waals surface area (Å²) in [4.78, 5) is 4.84. The first kappa shape index (κ1) is 28.1. The molecule has 0 saturated carbocycles. The van der Waals surface area contributed by atoms with Crippen LogP contribution in [-0.2, 0) is 0 Å². The highest BCUT2D eigenvalue weighted by Crippen LogP contribution is 2.43. The lowest BCUT2D eigenvalue weighted by Crippen LogP contribution is -1.89. The summed E-state index contributed by atoms with van der Waals surface area (Å²) in [6, 6.07) is 62.4. The Balaban J connectivity index is 1.14. The number of nitrogens with zero attached hydrogens (tertiary/aromatic N) is 2. The molecule has 0 aliphatic rings. The van der Waals surface area contributed by atoms with Crippen LogP contribution in [0.25, 0.3) is 104 Å². The fourth-order valence-corrected chi connectivity index (χ4v) is 8.44. The molecule has 11 rings (SSSR count). The van der Waals surface area contributed by atoms with E-state index in [0.717, 1.165) is 16.9 Å². The summed E-state index contributed by atoms with van der Waals surface area (Å²) in [6.07, 6.45) is 4.13. The van der Waals surface area contributed by atoms with Gasteiger partial charge in [0.05, 0.1) is 5.69 Å². The van der Waals surface area contributed by atoms with Gasteiger partial charge in [0.1, 0.15) is 5.65 Å². The van der Waals surface area contributed by atoms with Gasteiger partial charge in [0.15, 0.2) is 0 Å². The fraction of sp³-hybridized carbons (Fsp3) is 0. The summed E-state index contributed by atoms with van der Waals surface area (Å²) < 4.78 is 2.07. The van der Waals surface area contributed by atoms with Crippen molar-refractivity contribution in [3.63, 3.8) is 0 Å². The molecule has 0 unspecified atom stereocenters. The predicted octanol–water partition coefficient (Wildman–Crippen LogP) is 13.3. The van der Waals surface area contributed by atoms with Gasteiger partial charge in [0, 0.05) is 18.0 Å². The van der Waals surface area contributed by atoms with Crippen LogP contribution >= 0.6 is 0 Å². The van der Waals surface area contributed by atoms with Gasteiger partial charge in [0.25, 0.3) is 0 Å². The molecule has 0 N–H and O–H groups in total. The lowest BCUT2D eigenvalue weighted by molar-refractivity contribution is 1.19. The molecule has 0 atom stereocenters. The number of benzene rings is 8. The van der Waals surface area contributed by atoms with Crippen LogP contribution in [0.15, 0.2) is 182 Å². The van der Waals surface area contributed by atoms with Crippen molar-refractivity contribution in [3.05, 3.63) is 182 Å². The SMILES string of the molecule is c1ccc2c(-c3cc4ccc5cccc6c7ccccc7c7ccccc7c(c3)c4c56)ccc(-c3ccc(-c4cn5ccccc5n4)cc3)c2c1. The molecule has 0 spiro atoms. The second-order valence-corrected chi connectivity index (χ2v) is 13.6. The van der Waals surface area contributed by atoms with E-state index in [1.54, 1.807) is 0 Å². The van der Waals surface area contributed by atoms with E-state index in [0.29, 0.717) is 0 Å². The van der Waals surface area contributed by atoms with E-state index in [1.807, 2.05) is 24.4 Å². The van der Waals surface area contributed by atoms with E-state index in [4.69, 9.17) is 4.98 Å². The minimum atomic E-state index is 0.953. The highest BCUT2D eigenvalue weighted by Gasteiger charge is 2.16. The molecule has 2 heteroatoms. The zero-order chi connectivity index (χ0) is 33.5. The lowest BCUT2D eigenvalue weighted by atomic mass is 9.87. The summed E-state index contributed by atoms with van der Waals surface area (Å²) in [5.41, 5.74) is 7.92. The topological polar surface area (TPSA) is 17.3 Å². The molecule has 51 heavy (non-hydrogen) atoms. The minimum Gasteiger partial charge on any atom is -0.306 e. The van der Waals surface area contributed by atoms with Crippen molar-refractivity contribution in [2.75, 3.05) is 0 Å². The number of imidazole rings is 1. The van der Waals surface area contributed by atoms with E-state index < -0.39 is 0 Å². The third kappa shape index (κ3) is 4.27. The minimum absolute atomic E-state index is 0.953. The molecule has 0 aliphatic carbocycles. The first-order chi connectivity index (χ1) is 25.3. The van der Waals surface area contributed by atoms with Gasteiger partial charge in [-0.3, -0.25) is 0 Å². The van der Waals surface area contributed by atoms with Crippen LogP contribution in [0.4, 0.5) is 0 Å². The molecule has 9 aromatic carbocycles. The van der Waals surface area contributed by atoms with Crippen LogP contribution < -0.4 is 0 Å². The Labute approximate surface area is 294 Å². The molecule has 0 saturated heterocycles. The summed E-state index contributed by atoms with van der Waals surface area (Å²) in [7, 11) is 0. The maximum absolute atomic E-state index is 4.84. The fourth-order valence-electron chi connectivity index (χ4n) is 8.44. The summed E-state index contributed by atoms with van der Waals surface area (Å²) in [5, 5.41) is 15.3. The smallest absolute Gasteiger partial charge is 0.137 e. The summed E-state index contributed by atoms with van der Waals surface area (Å²) >= 11 is 0. The van der Waals surface area contributed by atoms with Crippen molar-refractivity contribution in [2.24, 2.45) is 0 Å². The molecule has 2 heterocycles. The van der Waals surface area contributed by atoms with E-state index in [9.17, 15) is 0 Å². The second-order valence-electron chi connectivity index (χ2n) is 13.6. The van der Waals surface area contributed by atoms with E-state index in [-0.39, 0.29) is 0 Å². The largest absolute Gasteiger partial charge is 0.306 e. The molecule has 2 aromatic heterocycles. The lowest BCUT2D eigenvalue weighted by Gasteiger charge is -2.17. The highest BCUT2D eigenvalue weighted by molar-refractivity contribution is 6.33. The number of hydrogen-bond donors (Lipinski definition) is 0. The Bertz CT molecular complexity index is 3150. The Kier molecular flexibility index (Phi) is 5.99. The molecule has 236 valence electrons. The molecular formula is C49H30N2. The number of rotatable bonds is 3.